The summed E-state index contributed by atoms with van der Waals surface area (Å²) in [5, 5.41) is 12.7. The maximum absolute atomic E-state index is 13.5. The quantitative estimate of drug-likeness (QED) is 0.920. The Morgan fingerprint density at radius 3 is 2.53 bits per heavy atom. The second kappa shape index (κ2) is 6.33. The molecule has 1 unspecified atom stereocenters. The van der Waals surface area contributed by atoms with E-state index in [0.29, 0.717) is 16.1 Å². The number of halogens is 2. The minimum Gasteiger partial charge on any atom is -0.294 e. The van der Waals surface area contributed by atoms with Crippen LogP contribution < -0.4 is 5.32 Å². The van der Waals surface area contributed by atoms with Crippen molar-refractivity contribution in [3.05, 3.63) is 70.5 Å². The minimum absolute atomic E-state index is 0.274. The predicted octanol–water partition coefficient (Wildman–Crippen LogP) is 3.83. The zero-order valence-electron chi connectivity index (χ0n) is 10.1. The van der Waals surface area contributed by atoms with Crippen LogP contribution in [0.2, 0.25) is 5.02 Å². The van der Waals surface area contributed by atoms with E-state index >= 15 is 0 Å². The summed E-state index contributed by atoms with van der Waals surface area (Å²) in [6.07, 6.45) is 0. The Bertz CT molecular complexity index is 607. The summed E-state index contributed by atoms with van der Waals surface area (Å²) in [6.45, 7) is 0.274. The van der Waals surface area contributed by atoms with Gasteiger partial charge < -0.3 is 0 Å². The first-order valence-corrected chi connectivity index (χ1v) is 6.21. The standard InChI is InChI=1S/C15H12ClFN2/c16-13-7-3-2-6-12(13)15(9-18)19-10-11-5-1-4-8-14(11)17/h1-8,15,19H,10H2. The molecule has 96 valence electrons. The van der Waals surface area contributed by atoms with Gasteiger partial charge in [-0.1, -0.05) is 48.0 Å². The highest BCUT2D eigenvalue weighted by Gasteiger charge is 2.13. The Labute approximate surface area is 116 Å². The van der Waals surface area contributed by atoms with Crippen molar-refractivity contribution in [2.45, 2.75) is 12.6 Å². The van der Waals surface area contributed by atoms with Crippen molar-refractivity contribution in [3.8, 4) is 6.07 Å². The van der Waals surface area contributed by atoms with E-state index in [0.717, 1.165) is 0 Å². The molecule has 0 heterocycles. The van der Waals surface area contributed by atoms with Crippen molar-refractivity contribution in [2.75, 3.05) is 0 Å². The molecule has 0 aromatic heterocycles. The summed E-state index contributed by atoms with van der Waals surface area (Å²) in [5.41, 5.74) is 1.22. The molecule has 0 bridgehead atoms. The van der Waals surface area contributed by atoms with Crippen LogP contribution in [0.25, 0.3) is 0 Å². The summed E-state index contributed by atoms with van der Waals surface area (Å²) in [5.74, 6) is -0.286. The van der Waals surface area contributed by atoms with E-state index in [1.807, 2.05) is 6.07 Å². The summed E-state index contributed by atoms with van der Waals surface area (Å²) in [7, 11) is 0. The molecule has 1 N–H and O–H groups in total. The van der Waals surface area contributed by atoms with E-state index in [1.165, 1.54) is 6.07 Å². The van der Waals surface area contributed by atoms with Gasteiger partial charge in [0.05, 0.1) is 6.07 Å². The SMILES string of the molecule is N#CC(NCc1ccccc1F)c1ccccc1Cl. The van der Waals surface area contributed by atoms with Crippen LogP contribution in [-0.4, -0.2) is 0 Å². The van der Waals surface area contributed by atoms with Crippen LogP contribution in [0.3, 0.4) is 0 Å². The molecule has 4 heteroatoms. The van der Waals surface area contributed by atoms with Crippen molar-refractivity contribution < 1.29 is 4.39 Å². The number of nitrogens with one attached hydrogen (secondary N) is 1. The topological polar surface area (TPSA) is 35.8 Å². The predicted molar refractivity (Wildman–Crippen MR) is 73.0 cm³/mol. The van der Waals surface area contributed by atoms with Crippen LogP contribution in [0.5, 0.6) is 0 Å². The highest BCUT2D eigenvalue weighted by Crippen LogP contribution is 2.22. The highest BCUT2D eigenvalue weighted by molar-refractivity contribution is 6.31. The van der Waals surface area contributed by atoms with Crippen LogP contribution in [0.15, 0.2) is 48.5 Å². The van der Waals surface area contributed by atoms with Gasteiger partial charge in [-0.25, -0.2) is 4.39 Å². The Balaban J connectivity index is 2.12. The number of hydrogen-bond donors (Lipinski definition) is 1. The van der Waals surface area contributed by atoms with Crippen molar-refractivity contribution in [3.63, 3.8) is 0 Å². The summed E-state index contributed by atoms with van der Waals surface area (Å²) < 4.78 is 13.5. The van der Waals surface area contributed by atoms with Crippen LogP contribution in [0.4, 0.5) is 4.39 Å². The Kier molecular flexibility index (Phi) is 4.51. The molecule has 0 fully saturated rings. The van der Waals surface area contributed by atoms with E-state index in [9.17, 15) is 9.65 Å². The average Bonchev–Trinajstić information content (AvgIpc) is 2.43. The van der Waals surface area contributed by atoms with E-state index in [4.69, 9.17) is 11.6 Å². The van der Waals surface area contributed by atoms with Crippen LogP contribution >= 0.6 is 11.6 Å². The van der Waals surface area contributed by atoms with Crippen molar-refractivity contribution >= 4 is 11.6 Å². The van der Waals surface area contributed by atoms with Gasteiger partial charge in [0.15, 0.2) is 0 Å². The smallest absolute Gasteiger partial charge is 0.127 e. The molecule has 0 radical (unpaired) electrons. The zero-order valence-corrected chi connectivity index (χ0v) is 10.9. The molecule has 0 aliphatic heterocycles. The third-order valence-electron chi connectivity index (χ3n) is 2.80. The van der Waals surface area contributed by atoms with Gasteiger partial charge in [0, 0.05) is 22.7 Å². The number of hydrogen-bond acceptors (Lipinski definition) is 2. The Morgan fingerprint density at radius 2 is 1.84 bits per heavy atom. The molecule has 0 spiro atoms. The largest absolute Gasteiger partial charge is 0.294 e. The third-order valence-corrected chi connectivity index (χ3v) is 3.14. The van der Waals surface area contributed by atoms with Crippen molar-refractivity contribution in [1.82, 2.24) is 5.32 Å². The van der Waals surface area contributed by atoms with Crippen LogP contribution in [0, 0.1) is 17.1 Å². The molecule has 1 atom stereocenters. The van der Waals surface area contributed by atoms with Crippen molar-refractivity contribution in [1.29, 1.82) is 5.26 Å². The maximum Gasteiger partial charge on any atom is 0.127 e. The van der Waals surface area contributed by atoms with Gasteiger partial charge in [0.2, 0.25) is 0 Å². The number of nitrogens with zero attached hydrogens (tertiary/aromatic N) is 1. The lowest BCUT2D eigenvalue weighted by Gasteiger charge is -2.13. The van der Waals surface area contributed by atoms with E-state index in [2.05, 4.69) is 11.4 Å². The molecule has 2 aromatic rings. The molecule has 0 saturated carbocycles. The Morgan fingerprint density at radius 1 is 1.16 bits per heavy atom. The molecule has 19 heavy (non-hydrogen) atoms. The third kappa shape index (κ3) is 3.31. The molecular formula is C15H12ClFN2. The van der Waals surface area contributed by atoms with Gasteiger partial charge in [-0.15, -0.1) is 0 Å². The fraction of sp³-hybridized carbons (Fsp3) is 0.133. The molecule has 2 aromatic carbocycles. The fourth-order valence-corrected chi connectivity index (χ4v) is 2.03. The van der Waals surface area contributed by atoms with Crippen LogP contribution in [-0.2, 0) is 6.54 Å². The first-order valence-electron chi connectivity index (χ1n) is 5.83. The lowest BCUT2D eigenvalue weighted by molar-refractivity contribution is 0.572. The lowest BCUT2D eigenvalue weighted by atomic mass is 10.1. The van der Waals surface area contributed by atoms with Gasteiger partial charge in [0.25, 0.3) is 0 Å². The number of rotatable bonds is 4. The summed E-state index contributed by atoms with van der Waals surface area (Å²) in [4.78, 5) is 0. The number of benzene rings is 2. The monoisotopic (exact) mass is 274 g/mol. The molecule has 0 aliphatic rings. The molecule has 0 saturated heterocycles. The van der Waals surface area contributed by atoms with Gasteiger partial charge in [-0.05, 0) is 12.1 Å². The van der Waals surface area contributed by atoms with E-state index < -0.39 is 6.04 Å². The van der Waals surface area contributed by atoms with E-state index in [-0.39, 0.29) is 12.4 Å². The van der Waals surface area contributed by atoms with Gasteiger partial charge >= 0.3 is 0 Å². The van der Waals surface area contributed by atoms with Crippen LogP contribution in [0.1, 0.15) is 17.2 Å². The first-order chi connectivity index (χ1) is 9.22. The summed E-state index contributed by atoms with van der Waals surface area (Å²) >= 11 is 6.05. The van der Waals surface area contributed by atoms with Gasteiger partial charge in [-0.2, -0.15) is 5.26 Å². The normalized spacial score (nSPS) is 11.8. The molecule has 2 nitrogen and oxygen atoms in total. The molecular weight excluding hydrogens is 263 g/mol. The van der Waals surface area contributed by atoms with Gasteiger partial charge in [0.1, 0.15) is 11.9 Å². The van der Waals surface area contributed by atoms with E-state index in [1.54, 1.807) is 36.4 Å². The second-order valence-electron chi connectivity index (χ2n) is 4.06. The minimum atomic E-state index is -0.562. The maximum atomic E-state index is 13.5. The highest BCUT2D eigenvalue weighted by atomic mass is 35.5. The number of nitriles is 1. The fourth-order valence-electron chi connectivity index (χ4n) is 1.79. The van der Waals surface area contributed by atoms with Gasteiger partial charge in [-0.3, -0.25) is 5.32 Å². The summed E-state index contributed by atoms with van der Waals surface area (Å²) in [6, 6.07) is 15.2. The second-order valence-corrected chi connectivity index (χ2v) is 4.46. The zero-order chi connectivity index (χ0) is 13.7. The average molecular weight is 275 g/mol. The molecule has 0 amide bonds. The first kappa shape index (κ1) is 13.5. The molecule has 0 aliphatic carbocycles. The lowest BCUT2D eigenvalue weighted by Crippen LogP contribution is -2.20. The van der Waals surface area contributed by atoms with Crippen molar-refractivity contribution in [2.24, 2.45) is 0 Å². The molecule has 2 rings (SSSR count). The Hall–Kier alpha value is -1.89.